The summed E-state index contributed by atoms with van der Waals surface area (Å²) < 4.78 is 5.41. The zero-order valence-electron chi connectivity index (χ0n) is 16.9. The number of nitrogens with zero attached hydrogens (tertiary/aromatic N) is 2. The normalized spacial score (nSPS) is 22.2. The molecule has 0 aromatic carbocycles. The predicted octanol–water partition coefficient (Wildman–Crippen LogP) is 1.80. The molecule has 8 heteroatoms. The number of hydrogen-bond acceptors (Lipinski definition) is 6. The van der Waals surface area contributed by atoms with Gasteiger partial charge in [0, 0.05) is 26.3 Å². The van der Waals surface area contributed by atoms with E-state index in [4.69, 9.17) is 4.52 Å². The summed E-state index contributed by atoms with van der Waals surface area (Å²) in [4.78, 5) is 28.5. The van der Waals surface area contributed by atoms with Crippen LogP contribution in [0.1, 0.15) is 76.4 Å². The number of nitrogens with one attached hydrogen (secondary N) is 3. The van der Waals surface area contributed by atoms with Gasteiger partial charge in [-0.25, -0.2) is 0 Å². The zero-order valence-corrected chi connectivity index (χ0v) is 16.9. The van der Waals surface area contributed by atoms with Crippen molar-refractivity contribution in [3.8, 4) is 0 Å². The first-order valence-electron chi connectivity index (χ1n) is 10.7. The lowest BCUT2D eigenvalue weighted by Gasteiger charge is -2.30. The van der Waals surface area contributed by atoms with Crippen LogP contribution in [0.2, 0.25) is 0 Å². The SMILES string of the molecule is CC(=O)NC1(c2noc(CCC(=O)NCC3CCCNC3)n2)CCCCCC1. The molecule has 8 nitrogen and oxygen atoms in total. The van der Waals surface area contributed by atoms with Crippen LogP contribution < -0.4 is 16.0 Å². The van der Waals surface area contributed by atoms with Gasteiger partial charge in [-0.2, -0.15) is 4.98 Å². The van der Waals surface area contributed by atoms with Gasteiger partial charge in [-0.15, -0.1) is 0 Å². The topological polar surface area (TPSA) is 109 Å². The minimum absolute atomic E-state index is 0.0105. The van der Waals surface area contributed by atoms with E-state index in [-0.39, 0.29) is 11.8 Å². The van der Waals surface area contributed by atoms with Crippen molar-refractivity contribution in [1.29, 1.82) is 0 Å². The van der Waals surface area contributed by atoms with Crippen molar-refractivity contribution in [3.63, 3.8) is 0 Å². The molecule has 1 aromatic rings. The molecule has 3 N–H and O–H groups in total. The molecule has 2 amide bonds. The molecule has 1 saturated carbocycles. The lowest BCUT2D eigenvalue weighted by molar-refractivity contribution is -0.122. The molecule has 1 aliphatic heterocycles. The second kappa shape index (κ2) is 10.0. The van der Waals surface area contributed by atoms with Crippen LogP contribution in [0.25, 0.3) is 0 Å². The summed E-state index contributed by atoms with van der Waals surface area (Å²) in [7, 11) is 0. The highest BCUT2D eigenvalue weighted by Gasteiger charge is 2.38. The van der Waals surface area contributed by atoms with Gasteiger partial charge in [-0.1, -0.05) is 30.8 Å². The first-order chi connectivity index (χ1) is 13.6. The predicted molar refractivity (Wildman–Crippen MR) is 104 cm³/mol. The van der Waals surface area contributed by atoms with Gasteiger partial charge < -0.3 is 20.5 Å². The second-order valence-corrected chi connectivity index (χ2v) is 8.21. The van der Waals surface area contributed by atoms with E-state index in [1.807, 2.05) is 0 Å². The minimum Gasteiger partial charge on any atom is -0.356 e. The van der Waals surface area contributed by atoms with Gasteiger partial charge in [-0.05, 0) is 44.7 Å². The van der Waals surface area contributed by atoms with Gasteiger partial charge >= 0.3 is 0 Å². The van der Waals surface area contributed by atoms with Crippen LogP contribution in [0.5, 0.6) is 0 Å². The average Bonchev–Trinajstić information content (AvgIpc) is 3.05. The van der Waals surface area contributed by atoms with Crippen molar-refractivity contribution in [2.24, 2.45) is 5.92 Å². The zero-order chi connectivity index (χ0) is 19.8. The maximum absolute atomic E-state index is 12.1. The van der Waals surface area contributed by atoms with Crippen LogP contribution in [-0.4, -0.2) is 41.6 Å². The van der Waals surface area contributed by atoms with Crippen LogP contribution in [0.15, 0.2) is 4.52 Å². The minimum atomic E-state index is -0.541. The number of rotatable bonds is 7. The van der Waals surface area contributed by atoms with E-state index in [0.29, 0.717) is 37.0 Å². The van der Waals surface area contributed by atoms with E-state index < -0.39 is 5.54 Å². The Bertz CT molecular complexity index is 646. The third kappa shape index (κ3) is 5.77. The Hall–Kier alpha value is -1.96. The number of aryl methyl sites for hydroxylation is 1. The summed E-state index contributed by atoms with van der Waals surface area (Å²) in [6, 6.07) is 0. The molecule has 28 heavy (non-hydrogen) atoms. The van der Waals surface area contributed by atoms with Gasteiger partial charge in [0.15, 0.2) is 5.82 Å². The quantitative estimate of drug-likeness (QED) is 0.612. The largest absolute Gasteiger partial charge is 0.356 e. The van der Waals surface area contributed by atoms with Crippen LogP contribution >= 0.6 is 0 Å². The lowest BCUT2D eigenvalue weighted by Crippen LogP contribution is -2.45. The van der Waals surface area contributed by atoms with E-state index in [0.717, 1.165) is 58.0 Å². The van der Waals surface area contributed by atoms with Gasteiger partial charge in [0.1, 0.15) is 5.54 Å². The van der Waals surface area contributed by atoms with Crippen LogP contribution in [-0.2, 0) is 21.5 Å². The summed E-state index contributed by atoms with van der Waals surface area (Å²) in [6.45, 7) is 4.29. The second-order valence-electron chi connectivity index (χ2n) is 8.21. The van der Waals surface area contributed by atoms with E-state index in [1.54, 1.807) is 0 Å². The first-order valence-corrected chi connectivity index (χ1v) is 10.7. The Morgan fingerprint density at radius 2 is 2.00 bits per heavy atom. The summed E-state index contributed by atoms with van der Waals surface area (Å²) >= 11 is 0. The molecule has 2 heterocycles. The molecule has 3 rings (SSSR count). The van der Waals surface area contributed by atoms with Crippen molar-refractivity contribution < 1.29 is 14.1 Å². The number of amides is 2. The Balaban J connectivity index is 1.53. The van der Waals surface area contributed by atoms with E-state index in [9.17, 15) is 9.59 Å². The summed E-state index contributed by atoms with van der Waals surface area (Å²) in [5.41, 5.74) is -0.541. The van der Waals surface area contributed by atoms with E-state index in [1.165, 1.54) is 13.3 Å². The average molecular weight is 392 g/mol. The Morgan fingerprint density at radius 1 is 1.21 bits per heavy atom. The molecule has 1 saturated heterocycles. The first kappa shape index (κ1) is 20.8. The fourth-order valence-electron chi connectivity index (χ4n) is 4.29. The molecule has 0 bridgehead atoms. The molecule has 2 aliphatic rings. The number of aromatic nitrogens is 2. The monoisotopic (exact) mass is 391 g/mol. The number of carbonyl (C=O) groups is 2. The highest BCUT2D eigenvalue weighted by Crippen LogP contribution is 2.34. The molecule has 0 spiro atoms. The van der Waals surface area contributed by atoms with Crippen molar-refractivity contribution in [2.45, 2.75) is 76.7 Å². The van der Waals surface area contributed by atoms with E-state index in [2.05, 4.69) is 26.1 Å². The molecular weight excluding hydrogens is 358 g/mol. The van der Waals surface area contributed by atoms with Crippen LogP contribution in [0.3, 0.4) is 0 Å². The molecule has 1 aliphatic carbocycles. The smallest absolute Gasteiger partial charge is 0.227 e. The Morgan fingerprint density at radius 3 is 2.68 bits per heavy atom. The van der Waals surface area contributed by atoms with E-state index >= 15 is 0 Å². The third-order valence-electron chi connectivity index (χ3n) is 5.82. The van der Waals surface area contributed by atoms with Crippen molar-refractivity contribution in [1.82, 2.24) is 26.1 Å². The van der Waals surface area contributed by atoms with Crippen molar-refractivity contribution in [3.05, 3.63) is 11.7 Å². The van der Waals surface area contributed by atoms with Crippen molar-refractivity contribution in [2.75, 3.05) is 19.6 Å². The number of hydrogen-bond donors (Lipinski definition) is 3. The fourth-order valence-corrected chi connectivity index (χ4v) is 4.29. The van der Waals surface area contributed by atoms with Gasteiger partial charge in [0.2, 0.25) is 17.7 Å². The molecule has 1 unspecified atom stereocenters. The number of piperidine rings is 1. The molecule has 156 valence electrons. The summed E-state index contributed by atoms with van der Waals surface area (Å²) in [6.07, 6.45) is 9.08. The Labute approximate surface area is 166 Å². The van der Waals surface area contributed by atoms with Crippen LogP contribution in [0.4, 0.5) is 0 Å². The number of carbonyl (C=O) groups excluding carboxylic acids is 2. The van der Waals surface area contributed by atoms with Gasteiger partial charge in [0.25, 0.3) is 0 Å². The van der Waals surface area contributed by atoms with Gasteiger partial charge in [-0.3, -0.25) is 9.59 Å². The fraction of sp³-hybridized carbons (Fsp3) is 0.800. The lowest BCUT2D eigenvalue weighted by atomic mass is 9.89. The van der Waals surface area contributed by atoms with Crippen molar-refractivity contribution >= 4 is 11.8 Å². The standard InChI is InChI=1S/C20H33N5O3/c1-15(26)24-20(10-4-2-3-5-11-20)19-23-18(28-25-19)9-8-17(27)22-14-16-7-6-12-21-13-16/h16,21H,2-14H2,1H3,(H,22,27)(H,24,26). The van der Waals surface area contributed by atoms with Crippen LogP contribution in [0, 0.1) is 5.92 Å². The summed E-state index contributed by atoms with van der Waals surface area (Å²) in [5.74, 6) is 1.45. The maximum Gasteiger partial charge on any atom is 0.227 e. The highest BCUT2D eigenvalue weighted by atomic mass is 16.5. The third-order valence-corrected chi connectivity index (χ3v) is 5.82. The highest BCUT2D eigenvalue weighted by molar-refractivity contribution is 5.76. The maximum atomic E-state index is 12.1. The molecule has 1 atom stereocenters. The molecule has 1 aromatic heterocycles. The molecular formula is C20H33N5O3. The molecule has 0 radical (unpaired) electrons. The van der Waals surface area contributed by atoms with Gasteiger partial charge in [0.05, 0.1) is 0 Å². The Kier molecular flexibility index (Phi) is 7.42. The summed E-state index contributed by atoms with van der Waals surface area (Å²) in [5, 5.41) is 13.6. The molecule has 2 fully saturated rings.